The van der Waals surface area contributed by atoms with Crippen LogP contribution >= 0.6 is 0 Å². The molecular formula is C19H20N2O8. The van der Waals surface area contributed by atoms with Crippen LogP contribution in [0.4, 0.5) is 5.88 Å². The number of rotatable bonds is 7. The zero-order valence-corrected chi connectivity index (χ0v) is 15.9. The smallest absolute Gasteiger partial charge is 0.433 e. The van der Waals surface area contributed by atoms with Crippen LogP contribution in [0.3, 0.4) is 0 Å². The Kier molecular flexibility index (Phi) is 6.01. The van der Waals surface area contributed by atoms with Gasteiger partial charge in [0.2, 0.25) is 5.76 Å². The van der Waals surface area contributed by atoms with Gasteiger partial charge in [-0.05, 0) is 29.7 Å². The van der Waals surface area contributed by atoms with E-state index in [1.807, 2.05) is 26.0 Å². The second kappa shape index (κ2) is 8.63. The molecule has 0 saturated heterocycles. The number of ether oxygens (including phenoxy) is 3. The van der Waals surface area contributed by atoms with Crippen molar-refractivity contribution >= 4 is 17.8 Å². The molecule has 10 nitrogen and oxygen atoms in total. The van der Waals surface area contributed by atoms with Gasteiger partial charge in [0.05, 0.1) is 12.1 Å². The lowest BCUT2D eigenvalue weighted by atomic mass is 9.95. The van der Waals surface area contributed by atoms with Gasteiger partial charge in [0.1, 0.15) is 18.1 Å². The molecule has 2 aromatic rings. The standard InChI is InChI=1S/C19H20N2O8/c1-11(2)18(12-3-4-13-15(9-12)27-8-7-26-13)20-16(22)10-28-19(23)14-5-6-17(29-14)21(24)25/h3-6,9,11,18H,7-8,10H2,1-2H3,(H,20,22)/t18-/m1/s1. The van der Waals surface area contributed by atoms with Crippen molar-refractivity contribution in [3.63, 3.8) is 0 Å². The van der Waals surface area contributed by atoms with Crippen LogP contribution in [0, 0.1) is 16.0 Å². The van der Waals surface area contributed by atoms with Crippen molar-refractivity contribution in [2.45, 2.75) is 19.9 Å². The summed E-state index contributed by atoms with van der Waals surface area (Å²) in [4.78, 5) is 34.0. The summed E-state index contributed by atoms with van der Waals surface area (Å²) in [5.74, 6) is -1.11. The van der Waals surface area contributed by atoms with Crippen LogP contribution in [0.25, 0.3) is 0 Å². The predicted molar refractivity (Wildman–Crippen MR) is 98.8 cm³/mol. The zero-order valence-electron chi connectivity index (χ0n) is 15.9. The first-order valence-electron chi connectivity index (χ1n) is 8.95. The molecule has 1 aromatic heterocycles. The summed E-state index contributed by atoms with van der Waals surface area (Å²) in [7, 11) is 0. The molecular weight excluding hydrogens is 384 g/mol. The summed E-state index contributed by atoms with van der Waals surface area (Å²) in [5, 5.41) is 13.4. The molecule has 0 aliphatic carbocycles. The van der Waals surface area contributed by atoms with Gasteiger partial charge in [0.25, 0.3) is 5.91 Å². The summed E-state index contributed by atoms with van der Waals surface area (Å²) in [5.41, 5.74) is 0.825. The first-order chi connectivity index (χ1) is 13.8. The van der Waals surface area contributed by atoms with Crippen LogP contribution in [0.1, 0.15) is 36.0 Å². The average molecular weight is 404 g/mol. The van der Waals surface area contributed by atoms with E-state index < -0.39 is 29.3 Å². The van der Waals surface area contributed by atoms with Crippen LogP contribution < -0.4 is 14.8 Å². The van der Waals surface area contributed by atoms with Gasteiger partial charge in [-0.1, -0.05) is 19.9 Å². The summed E-state index contributed by atoms with van der Waals surface area (Å²) in [6.07, 6.45) is 0. The third-order valence-corrected chi connectivity index (χ3v) is 4.22. The SMILES string of the molecule is CC(C)[C@@H](NC(=O)COC(=O)c1ccc([N+](=O)[O-])o1)c1ccc2c(c1)OCCO2. The van der Waals surface area contributed by atoms with Gasteiger partial charge in [0, 0.05) is 0 Å². The highest BCUT2D eigenvalue weighted by Crippen LogP contribution is 2.34. The Morgan fingerprint density at radius 2 is 1.90 bits per heavy atom. The highest BCUT2D eigenvalue weighted by Gasteiger charge is 2.23. The van der Waals surface area contributed by atoms with E-state index in [1.54, 1.807) is 6.07 Å². The fourth-order valence-corrected chi connectivity index (χ4v) is 2.84. The van der Waals surface area contributed by atoms with E-state index in [9.17, 15) is 19.7 Å². The maximum Gasteiger partial charge on any atom is 0.433 e. The largest absolute Gasteiger partial charge is 0.486 e. The van der Waals surface area contributed by atoms with Crippen LogP contribution in [0.5, 0.6) is 11.5 Å². The Balaban J connectivity index is 1.61. The quantitative estimate of drug-likeness (QED) is 0.423. The fourth-order valence-electron chi connectivity index (χ4n) is 2.84. The molecule has 0 unspecified atom stereocenters. The molecule has 1 aromatic carbocycles. The number of hydrogen-bond donors (Lipinski definition) is 1. The highest BCUT2D eigenvalue weighted by atomic mass is 16.7. The van der Waals surface area contributed by atoms with Crippen LogP contribution in [-0.4, -0.2) is 36.6 Å². The average Bonchev–Trinajstić information content (AvgIpc) is 3.20. The maximum absolute atomic E-state index is 12.3. The number of hydrogen-bond acceptors (Lipinski definition) is 8. The molecule has 0 fully saturated rings. The molecule has 1 amide bonds. The molecule has 154 valence electrons. The fraction of sp³-hybridized carbons (Fsp3) is 0.368. The number of benzene rings is 1. The van der Waals surface area contributed by atoms with Gasteiger partial charge in [-0.25, -0.2) is 4.79 Å². The van der Waals surface area contributed by atoms with Crippen molar-refractivity contribution in [3.8, 4) is 11.5 Å². The van der Waals surface area contributed by atoms with Gasteiger partial charge < -0.3 is 23.9 Å². The maximum atomic E-state index is 12.3. The summed E-state index contributed by atoms with van der Waals surface area (Å²) >= 11 is 0. The Hall–Kier alpha value is -3.56. The second-order valence-corrected chi connectivity index (χ2v) is 6.66. The monoisotopic (exact) mass is 404 g/mol. The molecule has 1 N–H and O–H groups in total. The lowest BCUT2D eigenvalue weighted by Gasteiger charge is -2.25. The Morgan fingerprint density at radius 3 is 2.55 bits per heavy atom. The molecule has 2 heterocycles. The molecule has 0 bridgehead atoms. The van der Waals surface area contributed by atoms with Crippen molar-refractivity contribution < 1.29 is 33.1 Å². The third kappa shape index (κ3) is 4.84. The molecule has 0 radical (unpaired) electrons. The number of furan rings is 1. The molecule has 0 spiro atoms. The number of amides is 1. The van der Waals surface area contributed by atoms with Gasteiger partial charge in [0.15, 0.2) is 18.1 Å². The van der Waals surface area contributed by atoms with E-state index in [-0.39, 0.29) is 17.7 Å². The molecule has 0 saturated carbocycles. The van der Waals surface area contributed by atoms with Crippen molar-refractivity contribution in [1.82, 2.24) is 5.32 Å². The number of carbonyl (C=O) groups is 2. The van der Waals surface area contributed by atoms with Gasteiger partial charge in [-0.15, -0.1) is 0 Å². The number of carbonyl (C=O) groups excluding carboxylic acids is 2. The molecule has 29 heavy (non-hydrogen) atoms. The first kappa shape index (κ1) is 20.2. The molecule has 1 aliphatic rings. The number of nitrogens with zero attached hydrogens (tertiary/aromatic N) is 1. The van der Waals surface area contributed by atoms with Gasteiger partial charge in [-0.3, -0.25) is 14.9 Å². The van der Waals surface area contributed by atoms with Crippen molar-refractivity contribution in [2.24, 2.45) is 5.92 Å². The van der Waals surface area contributed by atoms with E-state index in [2.05, 4.69) is 5.32 Å². The topological polar surface area (TPSA) is 130 Å². The first-order valence-corrected chi connectivity index (χ1v) is 8.95. The summed E-state index contributed by atoms with van der Waals surface area (Å²) in [6.45, 7) is 4.27. The summed E-state index contributed by atoms with van der Waals surface area (Å²) < 4.78 is 20.7. The number of fused-ring (bicyclic) bond motifs is 1. The molecule has 1 aliphatic heterocycles. The minimum absolute atomic E-state index is 0.0462. The second-order valence-electron chi connectivity index (χ2n) is 6.66. The van der Waals surface area contributed by atoms with Gasteiger partial charge in [-0.2, -0.15) is 0 Å². The van der Waals surface area contributed by atoms with Crippen molar-refractivity contribution in [3.05, 3.63) is 51.8 Å². The molecule has 10 heteroatoms. The van der Waals surface area contributed by atoms with Crippen LogP contribution in [0.2, 0.25) is 0 Å². The molecule has 3 rings (SSSR count). The van der Waals surface area contributed by atoms with E-state index in [1.165, 1.54) is 0 Å². The highest BCUT2D eigenvalue weighted by molar-refractivity contribution is 5.89. The molecule has 1 atom stereocenters. The lowest BCUT2D eigenvalue weighted by Crippen LogP contribution is -2.35. The van der Waals surface area contributed by atoms with Gasteiger partial charge >= 0.3 is 11.9 Å². The third-order valence-electron chi connectivity index (χ3n) is 4.22. The van der Waals surface area contributed by atoms with Crippen LogP contribution in [0.15, 0.2) is 34.7 Å². The minimum atomic E-state index is -0.964. The van der Waals surface area contributed by atoms with Crippen molar-refractivity contribution in [1.29, 1.82) is 0 Å². The Morgan fingerprint density at radius 1 is 1.17 bits per heavy atom. The Bertz CT molecular complexity index is 921. The van der Waals surface area contributed by atoms with E-state index in [0.717, 1.165) is 17.7 Å². The number of nitro groups is 1. The van der Waals surface area contributed by atoms with Crippen LogP contribution in [-0.2, 0) is 9.53 Å². The summed E-state index contributed by atoms with van der Waals surface area (Å²) in [6, 6.07) is 7.24. The normalized spacial score (nSPS) is 13.6. The zero-order chi connectivity index (χ0) is 21.0. The number of esters is 1. The van der Waals surface area contributed by atoms with E-state index in [4.69, 9.17) is 18.6 Å². The minimum Gasteiger partial charge on any atom is -0.486 e. The van der Waals surface area contributed by atoms with E-state index >= 15 is 0 Å². The number of nitrogens with one attached hydrogen (secondary N) is 1. The van der Waals surface area contributed by atoms with Crippen molar-refractivity contribution in [2.75, 3.05) is 19.8 Å². The lowest BCUT2D eigenvalue weighted by molar-refractivity contribution is -0.402. The predicted octanol–water partition coefficient (Wildman–Crippen LogP) is 2.63. The Labute approximate surface area is 165 Å². The van der Waals surface area contributed by atoms with E-state index in [0.29, 0.717) is 24.7 Å².